The maximum atomic E-state index is 13.4. The first kappa shape index (κ1) is 24.4. The minimum absolute atomic E-state index is 0.156. The third-order valence-corrected chi connectivity index (χ3v) is 5.12. The number of hydrogen-bond donors (Lipinski definition) is 1. The van der Waals surface area contributed by atoms with Gasteiger partial charge in [-0.15, -0.1) is 0 Å². The Bertz CT molecular complexity index is 1170. The van der Waals surface area contributed by atoms with Gasteiger partial charge in [0.15, 0.2) is 11.5 Å². The highest BCUT2D eigenvalue weighted by Gasteiger charge is 2.29. The van der Waals surface area contributed by atoms with Crippen molar-refractivity contribution in [2.45, 2.75) is 13.0 Å². The largest absolute Gasteiger partial charge is 0.497 e. The van der Waals surface area contributed by atoms with Gasteiger partial charge in [-0.25, -0.2) is 4.98 Å². The lowest BCUT2D eigenvalue weighted by molar-refractivity contribution is -0.385. The molecule has 0 aliphatic heterocycles. The molecule has 0 spiro atoms. The molecule has 1 N–H and O–H groups in total. The maximum Gasteiger partial charge on any atom is 0.286 e. The summed E-state index contributed by atoms with van der Waals surface area (Å²) in [6.07, 6.45) is 3.32. The van der Waals surface area contributed by atoms with Crippen LogP contribution in [0.5, 0.6) is 23.0 Å². The van der Waals surface area contributed by atoms with Crippen molar-refractivity contribution in [1.82, 2.24) is 14.9 Å². The molecule has 3 rings (SSSR count). The zero-order chi connectivity index (χ0) is 24.8. The number of amides is 1. The van der Waals surface area contributed by atoms with Crippen LogP contribution < -0.4 is 24.3 Å². The summed E-state index contributed by atoms with van der Waals surface area (Å²) in [5.74, 6) is 1.21. The highest BCUT2D eigenvalue weighted by atomic mass is 16.6. The number of carbonyl (C=O) groups excluding carboxylic acids is 1. The van der Waals surface area contributed by atoms with Crippen LogP contribution in [0.2, 0.25) is 0 Å². The van der Waals surface area contributed by atoms with Gasteiger partial charge < -0.3 is 28.8 Å². The summed E-state index contributed by atoms with van der Waals surface area (Å²) in [7, 11) is 6.18. The second kappa shape index (κ2) is 10.6. The van der Waals surface area contributed by atoms with Gasteiger partial charge in [0, 0.05) is 31.6 Å². The lowest BCUT2D eigenvalue weighted by Gasteiger charge is -2.21. The average molecular weight is 470 g/mol. The zero-order valence-corrected chi connectivity index (χ0v) is 19.5. The average Bonchev–Trinajstić information content (AvgIpc) is 3.27. The van der Waals surface area contributed by atoms with Gasteiger partial charge in [-0.3, -0.25) is 14.9 Å². The Morgan fingerprint density at radius 1 is 1.09 bits per heavy atom. The van der Waals surface area contributed by atoms with E-state index in [-0.39, 0.29) is 23.7 Å². The van der Waals surface area contributed by atoms with Crippen molar-refractivity contribution in [3.63, 3.8) is 0 Å². The Morgan fingerprint density at radius 3 is 2.26 bits per heavy atom. The molecule has 0 aliphatic rings. The van der Waals surface area contributed by atoms with Crippen molar-refractivity contribution in [3.8, 4) is 23.0 Å². The fourth-order valence-corrected chi connectivity index (χ4v) is 3.47. The molecule has 11 heteroatoms. The second-order valence-electron chi connectivity index (χ2n) is 7.16. The van der Waals surface area contributed by atoms with Crippen LogP contribution in [0.1, 0.15) is 34.7 Å². The smallest absolute Gasteiger partial charge is 0.286 e. The second-order valence-corrected chi connectivity index (χ2v) is 7.16. The quantitative estimate of drug-likeness (QED) is 0.353. The summed E-state index contributed by atoms with van der Waals surface area (Å²) in [5.41, 5.74) is 0.0167. The number of nitrogens with one attached hydrogen (secondary N) is 1. The van der Waals surface area contributed by atoms with Gasteiger partial charge in [0.05, 0.1) is 38.9 Å². The van der Waals surface area contributed by atoms with Gasteiger partial charge in [0.25, 0.3) is 11.6 Å². The molecule has 1 unspecified atom stereocenters. The Labute approximate surface area is 196 Å². The molecule has 0 radical (unpaired) electrons. The Hall–Kier alpha value is -4.28. The van der Waals surface area contributed by atoms with Crippen molar-refractivity contribution < 1.29 is 28.7 Å². The molecule has 34 heavy (non-hydrogen) atoms. The van der Waals surface area contributed by atoms with Crippen molar-refractivity contribution >= 4 is 11.6 Å². The van der Waals surface area contributed by atoms with E-state index >= 15 is 0 Å². The molecular formula is C23H26N4O7. The van der Waals surface area contributed by atoms with Gasteiger partial charge >= 0.3 is 0 Å². The minimum Gasteiger partial charge on any atom is -0.497 e. The first-order valence-electron chi connectivity index (χ1n) is 10.3. The van der Waals surface area contributed by atoms with Gasteiger partial charge in [0.2, 0.25) is 0 Å². The number of benzene rings is 2. The number of nitrogens with zero attached hydrogens (tertiary/aromatic N) is 3. The third kappa shape index (κ3) is 5.03. The molecular weight excluding hydrogens is 444 g/mol. The number of aromatic nitrogens is 2. The van der Waals surface area contributed by atoms with Crippen LogP contribution in [0.25, 0.3) is 0 Å². The number of aryl methyl sites for hydroxylation is 1. The molecule has 1 heterocycles. The Kier molecular flexibility index (Phi) is 7.57. The fourth-order valence-electron chi connectivity index (χ4n) is 3.47. The van der Waals surface area contributed by atoms with E-state index in [2.05, 4.69) is 10.3 Å². The first-order chi connectivity index (χ1) is 16.3. The van der Waals surface area contributed by atoms with Crippen LogP contribution in [-0.2, 0) is 7.05 Å². The number of carbonyl (C=O) groups is 1. The van der Waals surface area contributed by atoms with E-state index in [1.807, 2.05) is 0 Å². The summed E-state index contributed by atoms with van der Waals surface area (Å²) in [6.45, 7) is 2.04. The lowest BCUT2D eigenvalue weighted by atomic mass is 10.0. The molecule has 0 saturated heterocycles. The SMILES string of the molecule is CCOc1cc(C(=O)NC(c2cc(OC)cc(OC)c2)c2nccn2C)c([N+](=O)[O-])cc1OC. The van der Waals surface area contributed by atoms with Crippen molar-refractivity contribution in [1.29, 1.82) is 0 Å². The molecule has 3 aromatic rings. The number of imidazole rings is 1. The molecule has 0 saturated carbocycles. The zero-order valence-electron chi connectivity index (χ0n) is 19.5. The third-order valence-electron chi connectivity index (χ3n) is 5.12. The molecule has 11 nitrogen and oxygen atoms in total. The van der Waals surface area contributed by atoms with Crippen LogP contribution in [0.3, 0.4) is 0 Å². The van der Waals surface area contributed by atoms with Crippen LogP contribution in [0.15, 0.2) is 42.7 Å². The Morgan fingerprint density at radius 2 is 1.76 bits per heavy atom. The summed E-state index contributed by atoms with van der Waals surface area (Å²) in [4.78, 5) is 28.9. The van der Waals surface area contributed by atoms with Crippen LogP contribution in [-0.4, -0.2) is 48.3 Å². The van der Waals surface area contributed by atoms with Gasteiger partial charge in [0.1, 0.15) is 28.9 Å². The highest BCUT2D eigenvalue weighted by Crippen LogP contribution is 2.36. The molecule has 1 atom stereocenters. The van der Waals surface area contributed by atoms with Crippen molar-refractivity contribution in [3.05, 3.63) is 69.8 Å². The van der Waals surface area contributed by atoms with E-state index in [9.17, 15) is 14.9 Å². The first-order valence-corrected chi connectivity index (χ1v) is 10.3. The molecule has 1 aromatic heterocycles. The maximum absolute atomic E-state index is 13.4. The lowest BCUT2D eigenvalue weighted by Crippen LogP contribution is -2.31. The monoisotopic (exact) mass is 470 g/mol. The molecule has 2 aromatic carbocycles. The number of methoxy groups -OCH3 is 3. The molecule has 180 valence electrons. The number of hydrogen-bond acceptors (Lipinski definition) is 8. The predicted molar refractivity (Wildman–Crippen MR) is 123 cm³/mol. The summed E-state index contributed by atoms with van der Waals surface area (Å²) in [5, 5.41) is 14.6. The van der Waals surface area contributed by atoms with Crippen LogP contribution in [0, 0.1) is 10.1 Å². The summed E-state index contributed by atoms with van der Waals surface area (Å²) < 4.78 is 23.2. The van der Waals surface area contributed by atoms with Crippen molar-refractivity contribution in [2.75, 3.05) is 27.9 Å². The Balaban J connectivity index is 2.11. The number of rotatable bonds is 10. The van der Waals surface area contributed by atoms with E-state index in [0.717, 1.165) is 0 Å². The van der Waals surface area contributed by atoms with Gasteiger partial charge in [-0.1, -0.05) is 0 Å². The van der Waals surface area contributed by atoms with E-state index in [4.69, 9.17) is 18.9 Å². The van der Waals surface area contributed by atoms with E-state index in [0.29, 0.717) is 22.9 Å². The van der Waals surface area contributed by atoms with E-state index in [1.54, 1.807) is 49.1 Å². The highest BCUT2D eigenvalue weighted by molar-refractivity contribution is 5.99. The molecule has 0 bridgehead atoms. The van der Waals surface area contributed by atoms with E-state index in [1.165, 1.54) is 33.5 Å². The number of ether oxygens (including phenoxy) is 4. The molecule has 1 amide bonds. The van der Waals surface area contributed by atoms with Crippen molar-refractivity contribution in [2.24, 2.45) is 7.05 Å². The topological polar surface area (TPSA) is 127 Å². The minimum atomic E-state index is -0.770. The van der Waals surface area contributed by atoms with Crippen LogP contribution >= 0.6 is 0 Å². The predicted octanol–water partition coefficient (Wildman–Crippen LogP) is 3.27. The van der Waals surface area contributed by atoms with E-state index < -0.39 is 22.6 Å². The summed E-state index contributed by atoms with van der Waals surface area (Å²) in [6, 6.07) is 6.87. The molecule has 0 fully saturated rings. The number of nitro groups is 1. The fraction of sp³-hybridized carbons (Fsp3) is 0.304. The molecule has 0 aliphatic carbocycles. The normalized spacial score (nSPS) is 11.4. The van der Waals surface area contributed by atoms with Gasteiger partial charge in [-0.05, 0) is 24.6 Å². The van der Waals surface area contributed by atoms with Crippen LogP contribution in [0.4, 0.5) is 5.69 Å². The standard InChI is InChI=1S/C23H26N4O7/c1-6-34-20-12-17(18(27(29)30)13-19(20)33-5)23(28)25-21(22-24-7-8-26(22)2)14-9-15(31-3)11-16(10-14)32-4/h7-13,21H,6H2,1-5H3,(H,25,28). The summed E-state index contributed by atoms with van der Waals surface area (Å²) >= 11 is 0. The number of nitro benzene ring substituents is 1. The van der Waals surface area contributed by atoms with Gasteiger partial charge in [-0.2, -0.15) is 0 Å².